The number of hydrogen-bond acceptors (Lipinski definition) is 2. The average Bonchev–Trinajstić information content (AvgIpc) is 2.57. The van der Waals surface area contributed by atoms with Gasteiger partial charge >= 0.3 is 6.03 Å². The molecule has 2 amide bonds. The van der Waals surface area contributed by atoms with Crippen molar-refractivity contribution in [3.05, 3.63) is 29.8 Å². The molecule has 4 heteroatoms. The minimum atomic E-state index is -0.0178. The van der Waals surface area contributed by atoms with Gasteiger partial charge in [-0.15, -0.1) is 0 Å². The third kappa shape index (κ3) is 2.99. The molecule has 4 saturated carbocycles. The van der Waals surface area contributed by atoms with Crippen molar-refractivity contribution in [2.24, 2.45) is 23.7 Å². The third-order valence-electron chi connectivity index (χ3n) is 6.49. The standard InChI is InChI=1S/C20H28N2O2/c1-12(15-3-5-18(24-2)6-4-15)21-20(23)22-19-16-8-13-7-14(10-16)11-17(19)9-13/h3-6,12-14,16-17,19H,7-11H2,1-2H3,(H2,21,22,23). The van der Waals surface area contributed by atoms with Crippen molar-refractivity contribution >= 4 is 6.03 Å². The number of benzene rings is 1. The van der Waals surface area contributed by atoms with E-state index in [2.05, 4.69) is 10.6 Å². The van der Waals surface area contributed by atoms with Gasteiger partial charge in [-0.05, 0) is 80.4 Å². The molecule has 5 rings (SSSR count). The smallest absolute Gasteiger partial charge is 0.315 e. The highest BCUT2D eigenvalue weighted by atomic mass is 16.5. The summed E-state index contributed by atoms with van der Waals surface area (Å²) in [4.78, 5) is 12.5. The quantitative estimate of drug-likeness (QED) is 0.881. The van der Waals surface area contributed by atoms with Crippen LogP contribution in [0.2, 0.25) is 0 Å². The second-order valence-corrected chi connectivity index (χ2v) is 8.07. The zero-order chi connectivity index (χ0) is 16.7. The lowest BCUT2D eigenvalue weighted by atomic mass is 9.54. The Labute approximate surface area is 144 Å². The maximum atomic E-state index is 12.5. The fourth-order valence-electron chi connectivity index (χ4n) is 5.53. The van der Waals surface area contributed by atoms with Crippen LogP contribution < -0.4 is 15.4 Å². The SMILES string of the molecule is COc1ccc(C(C)NC(=O)NC2C3CC4CC(C3)CC2C4)cc1. The zero-order valence-electron chi connectivity index (χ0n) is 14.6. The molecule has 1 aromatic rings. The predicted molar refractivity (Wildman–Crippen MR) is 93.9 cm³/mol. The molecule has 4 nitrogen and oxygen atoms in total. The number of hydrogen-bond donors (Lipinski definition) is 2. The van der Waals surface area contributed by atoms with E-state index in [4.69, 9.17) is 4.74 Å². The normalized spacial score (nSPS) is 34.7. The van der Waals surface area contributed by atoms with Gasteiger partial charge < -0.3 is 15.4 Å². The molecule has 0 saturated heterocycles. The van der Waals surface area contributed by atoms with E-state index in [0.29, 0.717) is 17.9 Å². The van der Waals surface area contributed by atoms with Gasteiger partial charge in [0.15, 0.2) is 0 Å². The number of methoxy groups -OCH3 is 1. The molecule has 4 aliphatic rings. The highest BCUT2D eigenvalue weighted by Crippen LogP contribution is 2.53. The van der Waals surface area contributed by atoms with Crippen LogP contribution in [0.1, 0.15) is 50.6 Å². The summed E-state index contributed by atoms with van der Waals surface area (Å²) in [7, 11) is 1.66. The van der Waals surface area contributed by atoms with Crippen LogP contribution in [0.15, 0.2) is 24.3 Å². The molecule has 1 unspecified atom stereocenters. The first kappa shape index (κ1) is 15.8. The van der Waals surface area contributed by atoms with Crippen molar-refractivity contribution in [3.63, 3.8) is 0 Å². The maximum Gasteiger partial charge on any atom is 0.315 e. The molecule has 24 heavy (non-hydrogen) atoms. The molecule has 4 bridgehead atoms. The van der Waals surface area contributed by atoms with Crippen LogP contribution in [0.4, 0.5) is 4.79 Å². The second-order valence-electron chi connectivity index (χ2n) is 8.07. The molecule has 2 N–H and O–H groups in total. The van der Waals surface area contributed by atoms with Gasteiger partial charge in [0.2, 0.25) is 0 Å². The van der Waals surface area contributed by atoms with E-state index in [1.807, 2.05) is 31.2 Å². The number of carbonyl (C=O) groups excluding carboxylic acids is 1. The van der Waals surface area contributed by atoms with Crippen molar-refractivity contribution in [1.82, 2.24) is 10.6 Å². The summed E-state index contributed by atoms with van der Waals surface area (Å²) in [6.07, 6.45) is 6.75. The van der Waals surface area contributed by atoms with Crippen LogP contribution in [-0.4, -0.2) is 19.2 Å². The van der Waals surface area contributed by atoms with Crippen LogP contribution >= 0.6 is 0 Å². The van der Waals surface area contributed by atoms with Gasteiger partial charge in [-0.2, -0.15) is 0 Å². The Morgan fingerprint density at radius 1 is 1.04 bits per heavy atom. The molecule has 0 aliphatic heterocycles. The summed E-state index contributed by atoms with van der Waals surface area (Å²) in [6, 6.07) is 8.25. The van der Waals surface area contributed by atoms with Crippen molar-refractivity contribution in [1.29, 1.82) is 0 Å². The summed E-state index contributed by atoms with van der Waals surface area (Å²) >= 11 is 0. The number of ether oxygens (including phenoxy) is 1. The van der Waals surface area contributed by atoms with Crippen LogP contribution in [0.3, 0.4) is 0 Å². The largest absolute Gasteiger partial charge is 0.497 e. The van der Waals surface area contributed by atoms with Gasteiger partial charge in [-0.1, -0.05) is 12.1 Å². The minimum absolute atomic E-state index is 0.00672. The van der Waals surface area contributed by atoms with Crippen molar-refractivity contribution < 1.29 is 9.53 Å². The van der Waals surface area contributed by atoms with Gasteiger partial charge in [0.25, 0.3) is 0 Å². The minimum Gasteiger partial charge on any atom is -0.497 e. The van der Waals surface area contributed by atoms with Crippen LogP contribution in [-0.2, 0) is 0 Å². The number of carbonyl (C=O) groups is 1. The van der Waals surface area contributed by atoms with E-state index in [0.717, 1.165) is 23.1 Å². The molecule has 1 aromatic carbocycles. The summed E-state index contributed by atoms with van der Waals surface area (Å²) < 4.78 is 5.19. The zero-order valence-corrected chi connectivity index (χ0v) is 14.6. The molecule has 4 aliphatic carbocycles. The van der Waals surface area contributed by atoms with Crippen molar-refractivity contribution in [2.75, 3.05) is 7.11 Å². The van der Waals surface area contributed by atoms with Gasteiger partial charge in [-0.3, -0.25) is 0 Å². The Morgan fingerprint density at radius 2 is 1.62 bits per heavy atom. The van der Waals surface area contributed by atoms with Gasteiger partial charge in [0.05, 0.1) is 13.2 Å². The average molecular weight is 328 g/mol. The fourth-order valence-corrected chi connectivity index (χ4v) is 5.53. The first-order chi connectivity index (χ1) is 11.6. The maximum absolute atomic E-state index is 12.5. The van der Waals surface area contributed by atoms with Gasteiger partial charge in [0.1, 0.15) is 5.75 Å². The topological polar surface area (TPSA) is 50.4 Å². The molecule has 0 heterocycles. The van der Waals surface area contributed by atoms with Gasteiger partial charge in [-0.25, -0.2) is 4.79 Å². The molecular formula is C20H28N2O2. The van der Waals surface area contributed by atoms with Gasteiger partial charge in [0, 0.05) is 6.04 Å². The van der Waals surface area contributed by atoms with Crippen LogP contribution in [0.5, 0.6) is 5.75 Å². The Hall–Kier alpha value is -1.71. The van der Waals surface area contributed by atoms with Crippen LogP contribution in [0, 0.1) is 23.7 Å². The van der Waals surface area contributed by atoms with E-state index < -0.39 is 0 Å². The lowest BCUT2D eigenvalue weighted by molar-refractivity contribution is -0.00950. The van der Waals surface area contributed by atoms with Crippen molar-refractivity contribution in [3.8, 4) is 5.75 Å². The number of nitrogens with one attached hydrogen (secondary N) is 2. The highest BCUT2D eigenvalue weighted by molar-refractivity contribution is 5.75. The summed E-state index contributed by atoms with van der Waals surface area (Å²) in [6.45, 7) is 2.03. The summed E-state index contributed by atoms with van der Waals surface area (Å²) in [5.74, 6) is 4.13. The summed E-state index contributed by atoms with van der Waals surface area (Å²) in [5.41, 5.74) is 1.09. The Bertz CT molecular complexity index is 570. The number of amides is 2. The fraction of sp³-hybridized carbons (Fsp3) is 0.650. The second kappa shape index (κ2) is 6.30. The molecule has 0 spiro atoms. The van der Waals surface area contributed by atoms with E-state index in [9.17, 15) is 4.79 Å². The summed E-state index contributed by atoms with van der Waals surface area (Å²) in [5, 5.41) is 6.41. The lowest BCUT2D eigenvalue weighted by Gasteiger charge is -2.54. The van der Waals surface area contributed by atoms with E-state index in [1.165, 1.54) is 32.1 Å². The van der Waals surface area contributed by atoms with E-state index in [1.54, 1.807) is 7.11 Å². The molecule has 1 atom stereocenters. The Balaban J connectivity index is 1.34. The molecule has 130 valence electrons. The number of urea groups is 1. The number of rotatable bonds is 4. The molecule has 0 aromatic heterocycles. The Morgan fingerprint density at radius 3 is 2.17 bits per heavy atom. The molecule has 0 radical (unpaired) electrons. The molecular weight excluding hydrogens is 300 g/mol. The van der Waals surface area contributed by atoms with Crippen LogP contribution in [0.25, 0.3) is 0 Å². The Kier molecular flexibility index (Phi) is 4.15. The first-order valence-corrected chi connectivity index (χ1v) is 9.33. The van der Waals surface area contributed by atoms with E-state index >= 15 is 0 Å². The predicted octanol–water partition coefficient (Wildman–Crippen LogP) is 3.88. The molecule has 4 fully saturated rings. The first-order valence-electron chi connectivity index (χ1n) is 9.33. The van der Waals surface area contributed by atoms with E-state index in [-0.39, 0.29) is 12.1 Å². The van der Waals surface area contributed by atoms with Crippen molar-refractivity contribution in [2.45, 2.75) is 51.1 Å². The lowest BCUT2D eigenvalue weighted by Crippen LogP contribution is -2.57. The third-order valence-corrected chi connectivity index (χ3v) is 6.49. The highest BCUT2D eigenvalue weighted by Gasteiger charge is 2.48. The monoisotopic (exact) mass is 328 g/mol.